The van der Waals surface area contributed by atoms with Crippen LogP contribution in [0.3, 0.4) is 0 Å². The van der Waals surface area contributed by atoms with Crippen molar-refractivity contribution >= 4 is 58.0 Å². The number of benzene rings is 1. The molecule has 94 valence electrons. The smallest absolute Gasteiger partial charge is 0.141 e. The van der Waals surface area contributed by atoms with Crippen LogP contribution >= 0.6 is 58.0 Å². The molecule has 0 fully saturated rings. The Morgan fingerprint density at radius 1 is 0.833 bits per heavy atom. The van der Waals surface area contributed by atoms with Gasteiger partial charge < -0.3 is 5.11 Å². The molecule has 0 aliphatic heterocycles. The summed E-state index contributed by atoms with van der Waals surface area (Å²) in [6.07, 6.45) is 1.48. The molecule has 0 saturated carbocycles. The largest absolute Gasteiger partial charge is 0.506 e. The van der Waals surface area contributed by atoms with Gasteiger partial charge in [0.2, 0.25) is 0 Å². The van der Waals surface area contributed by atoms with Crippen molar-refractivity contribution in [2.24, 2.45) is 0 Å². The second-order valence-corrected chi connectivity index (χ2v) is 5.21. The summed E-state index contributed by atoms with van der Waals surface area (Å²) in [5, 5.41) is 10.1. The zero-order valence-electron chi connectivity index (χ0n) is 8.52. The minimum Gasteiger partial charge on any atom is -0.506 e. The molecule has 0 amide bonds. The number of rotatable bonds is 1. The van der Waals surface area contributed by atoms with E-state index in [4.69, 9.17) is 58.0 Å². The van der Waals surface area contributed by atoms with E-state index in [9.17, 15) is 5.11 Å². The molecular weight excluding hydrogens is 339 g/mol. The van der Waals surface area contributed by atoms with Gasteiger partial charge in [0.15, 0.2) is 0 Å². The summed E-state index contributed by atoms with van der Waals surface area (Å²) in [5.41, 5.74) is 0.434. The van der Waals surface area contributed by atoms with Gasteiger partial charge in [0.25, 0.3) is 0 Å². The summed E-state index contributed by atoms with van der Waals surface area (Å²) in [5.74, 6) is -0.0873. The lowest BCUT2D eigenvalue weighted by Crippen LogP contribution is -1.89. The van der Waals surface area contributed by atoms with Gasteiger partial charge in [-0.3, -0.25) is 4.98 Å². The minimum atomic E-state index is -0.0873. The highest BCUT2D eigenvalue weighted by Gasteiger charge is 2.22. The van der Waals surface area contributed by atoms with Crippen molar-refractivity contribution in [1.82, 2.24) is 4.98 Å². The third-order valence-electron chi connectivity index (χ3n) is 2.23. The Hall–Kier alpha value is -0.380. The van der Waals surface area contributed by atoms with E-state index in [1.807, 2.05) is 0 Å². The maximum Gasteiger partial charge on any atom is 0.141 e. The molecule has 2 aromatic rings. The van der Waals surface area contributed by atoms with E-state index in [-0.39, 0.29) is 42.1 Å². The molecule has 0 spiro atoms. The van der Waals surface area contributed by atoms with E-state index in [1.54, 1.807) is 6.07 Å². The van der Waals surface area contributed by atoms with Crippen molar-refractivity contribution in [3.8, 4) is 17.0 Å². The molecule has 1 heterocycles. The van der Waals surface area contributed by atoms with Crippen molar-refractivity contribution in [1.29, 1.82) is 0 Å². The van der Waals surface area contributed by atoms with Crippen molar-refractivity contribution in [2.45, 2.75) is 0 Å². The average Bonchev–Trinajstić information content (AvgIpc) is 2.36. The molecule has 0 saturated heterocycles. The third kappa shape index (κ3) is 2.24. The molecule has 1 aromatic carbocycles. The highest BCUT2D eigenvalue weighted by atomic mass is 35.5. The van der Waals surface area contributed by atoms with Gasteiger partial charge in [-0.2, -0.15) is 0 Å². The maximum absolute atomic E-state index is 9.76. The van der Waals surface area contributed by atoms with Gasteiger partial charge in [0.05, 0.1) is 25.1 Å². The lowest BCUT2D eigenvalue weighted by Gasteiger charge is -2.12. The highest BCUT2D eigenvalue weighted by Crippen LogP contribution is 2.49. The zero-order valence-corrected chi connectivity index (χ0v) is 12.3. The molecule has 0 aliphatic rings. The van der Waals surface area contributed by atoms with Gasteiger partial charge in [-0.05, 0) is 12.1 Å². The molecule has 0 atom stereocenters. The molecule has 1 aromatic heterocycles. The standard InChI is InChI=1S/C11H4Cl5NO/c12-6-5(11-4(18)2-1-3-17-11)7(13)9(15)10(16)8(6)14/h1-3,18H. The molecule has 0 bridgehead atoms. The molecule has 0 aliphatic carbocycles. The number of nitrogens with zero attached hydrogens (tertiary/aromatic N) is 1. The molecule has 0 radical (unpaired) electrons. The molecule has 1 N–H and O–H groups in total. The quantitative estimate of drug-likeness (QED) is 0.530. The number of pyridine rings is 1. The van der Waals surface area contributed by atoms with Crippen LogP contribution in [0.1, 0.15) is 0 Å². The van der Waals surface area contributed by atoms with Crippen molar-refractivity contribution in [2.75, 3.05) is 0 Å². The molecule has 2 nitrogen and oxygen atoms in total. The lowest BCUT2D eigenvalue weighted by atomic mass is 10.1. The summed E-state index contributed by atoms with van der Waals surface area (Å²) < 4.78 is 0. The van der Waals surface area contributed by atoms with E-state index in [1.165, 1.54) is 12.3 Å². The first kappa shape index (κ1) is 14.0. The molecule has 0 unspecified atom stereocenters. The Labute approximate surface area is 128 Å². The van der Waals surface area contributed by atoms with E-state index in [0.29, 0.717) is 0 Å². The normalized spacial score (nSPS) is 10.7. The summed E-state index contributed by atoms with van der Waals surface area (Å²) in [6, 6.07) is 3.02. The second kappa shape index (κ2) is 5.32. The van der Waals surface area contributed by atoms with Gasteiger partial charge in [-0.1, -0.05) is 58.0 Å². The summed E-state index contributed by atoms with van der Waals surface area (Å²) >= 11 is 29.9. The number of hydrogen-bond donors (Lipinski definition) is 1. The van der Waals surface area contributed by atoms with Crippen LogP contribution in [0.4, 0.5) is 0 Å². The van der Waals surface area contributed by atoms with Crippen LogP contribution < -0.4 is 0 Å². The van der Waals surface area contributed by atoms with Crippen LogP contribution in [0.25, 0.3) is 11.3 Å². The number of aromatic hydroxyl groups is 1. The number of hydrogen-bond acceptors (Lipinski definition) is 2. The van der Waals surface area contributed by atoms with Gasteiger partial charge in [0, 0.05) is 11.8 Å². The van der Waals surface area contributed by atoms with E-state index in [2.05, 4.69) is 4.98 Å². The first-order chi connectivity index (χ1) is 8.45. The summed E-state index contributed by atoms with van der Waals surface area (Å²) in [6.45, 7) is 0. The van der Waals surface area contributed by atoms with Gasteiger partial charge in [-0.25, -0.2) is 0 Å². The summed E-state index contributed by atoms with van der Waals surface area (Å²) in [7, 11) is 0. The van der Waals surface area contributed by atoms with Crippen LogP contribution in [-0.2, 0) is 0 Å². The molecule has 7 heteroatoms. The first-order valence-corrected chi connectivity index (χ1v) is 6.50. The van der Waals surface area contributed by atoms with Crippen LogP contribution in [0.5, 0.6) is 5.75 Å². The third-order valence-corrected chi connectivity index (χ3v) is 4.51. The van der Waals surface area contributed by atoms with Crippen LogP contribution in [-0.4, -0.2) is 10.1 Å². The Morgan fingerprint density at radius 2 is 1.33 bits per heavy atom. The topological polar surface area (TPSA) is 33.1 Å². The number of aromatic nitrogens is 1. The van der Waals surface area contributed by atoms with E-state index < -0.39 is 0 Å². The molecule has 18 heavy (non-hydrogen) atoms. The fourth-order valence-electron chi connectivity index (χ4n) is 1.40. The van der Waals surface area contributed by atoms with Crippen LogP contribution in [0.15, 0.2) is 18.3 Å². The van der Waals surface area contributed by atoms with Gasteiger partial charge in [0.1, 0.15) is 11.4 Å². The second-order valence-electron chi connectivity index (χ2n) is 3.32. The van der Waals surface area contributed by atoms with Crippen molar-refractivity contribution in [3.63, 3.8) is 0 Å². The van der Waals surface area contributed by atoms with Crippen LogP contribution in [0.2, 0.25) is 25.1 Å². The Bertz CT molecular complexity index is 600. The van der Waals surface area contributed by atoms with Crippen LogP contribution in [0, 0.1) is 0 Å². The predicted molar refractivity (Wildman–Crippen MR) is 76.4 cm³/mol. The van der Waals surface area contributed by atoms with Gasteiger partial charge in [-0.15, -0.1) is 0 Å². The molecule has 2 rings (SSSR count). The molecular formula is C11H4Cl5NO. The predicted octanol–water partition coefficient (Wildman–Crippen LogP) is 5.72. The Morgan fingerprint density at radius 3 is 1.83 bits per heavy atom. The highest BCUT2D eigenvalue weighted by molar-refractivity contribution is 6.56. The van der Waals surface area contributed by atoms with Crippen molar-refractivity contribution in [3.05, 3.63) is 43.4 Å². The van der Waals surface area contributed by atoms with Gasteiger partial charge >= 0.3 is 0 Å². The maximum atomic E-state index is 9.76. The lowest BCUT2D eigenvalue weighted by molar-refractivity contribution is 0.475. The summed E-state index contributed by atoms with van der Waals surface area (Å²) in [4.78, 5) is 4.00. The van der Waals surface area contributed by atoms with Crippen molar-refractivity contribution < 1.29 is 5.11 Å². The Kier molecular flexibility index (Phi) is 4.15. The minimum absolute atomic E-state index is 0.0625. The van der Waals surface area contributed by atoms with E-state index in [0.717, 1.165) is 0 Å². The fourth-order valence-corrected chi connectivity index (χ4v) is 2.72. The average molecular weight is 343 g/mol. The number of halogens is 5. The monoisotopic (exact) mass is 341 g/mol. The zero-order chi connectivity index (χ0) is 13.4. The fraction of sp³-hybridized carbons (Fsp3) is 0. The SMILES string of the molecule is Oc1cccnc1-c1c(Cl)c(Cl)c(Cl)c(Cl)c1Cl. The first-order valence-electron chi connectivity index (χ1n) is 4.61. The van der Waals surface area contributed by atoms with E-state index >= 15 is 0 Å². The Balaban J connectivity index is 2.85.